The lowest BCUT2D eigenvalue weighted by atomic mass is 9.94. The van der Waals surface area contributed by atoms with Gasteiger partial charge in [-0.2, -0.15) is 0 Å². The van der Waals surface area contributed by atoms with E-state index < -0.39 is 0 Å². The van der Waals surface area contributed by atoms with Crippen molar-refractivity contribution in [3.63, 3.8) is 0 Å². The summed E-state index contributed by atoms with van der Waals surface area (Å²) in [5.41, 5.74) is 0.532. The monoisotopic (exact) mass is 277 g/mol. The van der Waals surface area contributed by atoms with Gasteiger partial charge in [0.05, 0.1) is 12.7 Å². The zero-order chi connectivity index (χ0) is 14.4. The highest BCUT2D eigenvalue weighted by molar-refractivity contribution is 5.89. The molecule has 0 saturated carbocycles. The van der Waals surface area contributed by atoms with Gasteiger partial charge in [0, 0.05) is 12.7 Å². The van der Waals surface area contributed by atoms with Crippen molar-refractivity contribution in [2.45, 2.75) is 19.3 Å². The minimum atomic E-state index is -0.328. The second-order valence-electron chi connectivity index (χ2n) is 5.38. The quantitative estimate of drug-likeness (QED) is 0.834. The fourth-order valence-corrected chi connectivity index (χ4v) is 2.53. The van der Waals surface area contributed by atoms with Crippen LogP contribution in [0.25, 0.3) is 0 Å². The van der Waals surface area contributed by atoms with Gasteiger partial charge < -0.3 is 15.0 Å². The molecule has 0 bridgehead atoms. The number of likely N-dealkylation sites (tertiary alicyclic amines) is 1. The highest BCUT2D eigenvalue weighted by atomic mass is 16.5. The Morgan fingerprint density at radius 1 is 1.50 bits per heavy atom. The van der Waals surface area contributed by atoms with Crippen LogP contribution in [0.15, 0.2) is 18.3 Å². The van der Waals surface area contributed by atoms with Crippen LogP contribution >= 0.6 is 0 Å². The predicted octanol–water partition coefficient (Wildman–Crippen LogP) is 2.01. The van der Waals surface area contributed by atoms with Crippen LogP contribution < -0.4 is 5.32 Å². The van der Waals surface area contributed by atoms with E-state index in [9.17, 15) is 4.79 Å². The third-order valence-electron chi connectivity index (χ3n) is 3.88. The number of ether oxygens (including phenoxy) is 1. The highest BCUT2D eigenvalue weighted by Gasteiger charge is 2.16. The van der Waals surface area contributed by atoms with Crippen molar-refractivity contribution in [1.82, 2.24) is 9.88 Å². The zero-order valence-electron chi connectivity index (χ0n) is 12.3. The first-order valence-electron chi connectivity index (χ1n) is 7.16. The molecule has 0 amide bonds. The van der Waals surface area contributed by atoms with E-state index in [1.54, 1.807) is 18.3 Å². The van der Waals surface area contributed by atoms with Crippen LogP contribution in [0.3, 0.4) is 0 Å². The van der Waals surface area contributed by atoms with Crippen LogP contribution in [-0.4, -0.2) is 49.6 Å². The third-order valence-corrected chi connectivity index (χ3v) is 3.88. The molecule has 1 aliphatic heterocycles. The fraction of sp³-hybridized carbons (Fsp3) is 0.600. The maximum atomic E-state index is 11.4. The van der Waals surface area contributed by atoms with Gasteiger partial charge in [0.15, 0.2) is 0 Å². The van der Waals surface area contributed by atoms with Crippen molar-refractivity contribution in [3.8, 4) is 0 Å². The van der Waals surface area contributed by atoms with Crippen LogP contribution in [0, 0.1) is 5.92 Å². The number of anilines is 1. The van der Waals surface area contributed by atoms with E-state index in [1.165, 1.54) is 33.0 Å². The van der Waals surface area contributed by atoms with Crippen LogP contribution in [0.4, 0.5) is 5.82 Å². The first kappa shape index (κ1) is 14.8. The van der Waals surface area contributed by atoms with E-state index in [4.69, 9.17) is 4.74 Å². The first-order chi connectivity index (χ1) is 9.69. The molecule has 1 aromatic heterocycles. The Balaban J connectivity index is 1.78. The Morgan fingerprint density at radius 3 is 2.95 bits per heavy atom. The molecule has 0 aromatic carbocycles. The van der Waals surface area contributed by atoms with Crippen molar-refractivity contribution in [3.05, 3.63) is 23.9 Å². The summed E-state index contributed by atoms with van der Waals surface area (Å²) in [5.74, 6) is 1.20. The third kappa shape index (κ3) is 4.20. The van der Waals surface area contributed by atoms with Gasteiger partial charge in [0.25, 0.3) is 0 Å². The van der Waals surface area contributed by atoms with Gasteiger partial charge in [-0.15, -0.1) is 0 Å². The molecule has 1 N–H and O–H groups in total. The summed E-state index contributed by atoms with van der Waals surface area (Å²) in [7, 11) is 3.56. The SMILES string of the molecule is COC(=O)c1ccnc(NCCC2CCN(C)CC2)c1. The molecular formula is C15H23N3O2. The summed E-state index contributed by atoms with van der Waals surface area (Å²) in [6.07, 6.45) is 5.32. The minimum Gasteiger partial charge on any atom is -0.465 e. The molecule has 20 heavy (non-hydrogen) atoms. The molecule has 1 aromatic rings. The Morgan fingerprint density at radius 2 is 2.25 bits per heavy atom. The molecule has 5 nitrogen and oxygen atoms in total. The molecule has 2 rings (SSSR count). The average molecular weight is 277 g/mol. The zero-order valence-corrected chi connectivity index (χ0v) is 12.3. The second-order valence-corrected chi connectivity index (χ2v) is 5.38. The first-order valence-corrected chi connectivity index (χ1v) is 7.16. The number of rotatable bonds is 5. The molecule has 0 radical (unpaired) electrons. The maximum absolute atomic E-state index is 11.4. The Hall–Kier alpha value is -1.62. The maximum Gasteiger partial charge on any atom is 0.338 e. The van der Waals surface area contributed by atoms with Crippen molar-refractivity contribution in [1.29, 1.82) is 0 Å². The van der Waals surface area contributed by atoms with E-state index in [0.29, 0.717) is 5.56 Å². The molecule has 0 atom stereocenters. The Bertz CT molecular complexity index is 442. The summed E-state index contributed by atoms with van der Waals surface area (Å²) in [6.45, 7) is 3.29. The number of hydrogen-bond donors (Lipinski definition) is 1. The Kier molecular flexibility index (Phi) is 5.35. The number of aromatic nitrogens is 1. The van der Waals surface area contributed by atoms with Crippen molar-refractivity contribution >= 4 is 11.8 Å². The normalized spacial score (nSPS) is 16.9. The van der Waals surface area contributed by atoms with Gasteiger partial charge in [0.1, 0.15) is 5.82 Å². The smallest absolute Gasteiger partial charge is 0.338 e. The second kappa shape index (κ2) is 7.24. The number of carbonyl (C=O) groups excluding carboxylic acids is 1. The number of methoxy groups -OCH3 is 1. The number of nitrogens with one attached hydrogen (secondary N) is 1. The number of esters is 1. The number of piperidine rings is 1. The average Bonchev–Trinajstić information content (AvgIpc) is 2.49. The van der Waals surface area contributed by atoms with Gasteiger partial charge in [0.2, 0.25) is 0 Å². The van der Waals surface area contributed by atoms with Crippen LogP contribution in [-0.2, 0) is 4.74 Å². The lowest BCUT2D eigenvalue weighted by molar-refractivity contribution is 0.0600. The molecule has 0 spiro atoms. The van der Waals surface area contributed by atoms with E-state index in [1.807, 2.05) is 0 Å². The van der Waals surface area contributed by atoms with Crippen LogP contribution in [0.1, 0.15) is 29.6 Å². The van der Waals surface area contributed by atoms with Gasteiger partial charge in [-0.05, 0) is 57.5 Å². The standard InChI is InChI=1S/C15H23N3O2/c1-18-9-5-12(6-10-18)3-7-16-14-11-13(4-8-17-14)15(19)20-2/h4,8,11-12H,3,5-7,9-10H2,1-2H3,(H,16,17). The number of carbonyl (C=O) groups is 1. The summed E-state index contributed by atoms with van der Waals surface area (Å²) in [5, 5.41) is 3.29. The van der Waals surface area contributed by atoms with Crippen LogP contribution in [0.2, 0.25) is 0 Å². The van der Waals surface area contributed by atoms with Crippen molar-refractivity contribution in [2.75, 3.05) is 39.1 Å². The van der Waals surface area contributed by atoms with E-state index >= 15 is 0 Å². The van der Waals surface area contributed by atoms with Gasteiger partial charge in [-0.25, -0.2) is 9.78 Å². The van der Waals surface area contributed by atoms with Gasteiger partial charge >= 0.3 is 5.97 Å². The minimum absolute atomic E-state index is 0.328. The predicted molar refractivity (Wildman–Crippen MR) is 78.9 cm³/mol. The lowest BCUT2D eigenvalue weighted by Gasteiger charge is -2.28. The fourth-order valence-electron chi connectivity index (χ4n) is 2.53. The van der Waals surface area contributed by atoms with E-state index in [2.05, 4.69) is 22.2 Å². The summed E-state index contributed by atoms with van der Waals surface area (Å²) in [4.78, 5) is 18.0. The number of pyridine rings is 1. The summed E-state index contributed by atoms with van der Waals surface area (Å²) >= 11 is 0. The van der Waals surface area contributed by atoms with Crippen molar-refractivity contribution in [2.24, 2.45) is 5.92 Å². The molecule has 1 saturated heterocycles. The lowest BCUT2D eigenvalue weighted by Crippen LogP contribution is -2.30. The molecule has 0 unspecified atom stereocenters. The number of hydrogen-bond acceptors (Lipinski definition) is 5. The van der Waals surface area contributed by atoms with Crippen LogP contribution in [0.5, 0.6) is 0 Å². The van der Waals surface area contributed by atoms with Gasteiger partial charge in [-0.3, -0.25) is 0 Å². The molecule has 1 aliphatic rings. The largest absolute Gasteiger partial charge is 0.465 e. The summed E-state index contributed by atoms with van der Waals surface area (Å²) < 4.78 is 4.70. The van der Waals surface area contributed by atoms with E-state index in [0.717, 1.165) is 24.7 Å². The topological polar surface area (TPSA) is 54.5 Å². The molecule has 0 aliphatic carbocycles. The highest BCUT2D eigenvalue weighted by Crippen LogP contribution is 2.19. The molecular weight excluding hydrogens is 254 g/mol. The Labute approximate surface area is 120 Å². The molecule has 110 valence electrons. The van der Waals surface area contributed by atoms with Crippen molar-refractivity contribution < 1.29 is 9.53 Å². The molecule has 5 heteroatoms. The number of nitrogens with zero attached hydrogens (tertiary/aromatic N) is 2. The summed E-state index contributed by atoms with van der Waals surface area (Å²) in [6, 6.07) is 3.40. The van der Waals surface area contributed by atoms with E-state index in [-0.39, 0.29) is 5.97 Å². The van der Waals surface area contributed by atoms with Gasteiger partial charge in [-0.1, -0.05) is 0 Å². The molecule has 1 fully saturated rings. The molecule has 2 heterocycles.